The normalized spacial score (nSPS) is 12.6. The van der Waals surface area contributed by atoms with Crippen LogP contribution in [-0.2, 0) is 13.0 Å². The predicted molar refractivity (Wildman–Crippen MR) is 65.0 cm³/mol. The minimum absolute atomic E-state index is 0.464. The lowest BCUT2D eigenvalue weighted by Crippen LogP contribution is -2.27. The van der Waals surface area contributed by atoms with Crippen molar-refractivity contribution in [2.75, 3.05) is 0 Å². The highest BCUT2D eigenvalue weighted by Crippen LogP contribution is 2.03. The van der Waals surface area contributed by atoms with Gasteiger partial charge in [-0.3, -0.25) is 5.10 Å². The maximum Gasteiger partial charge on any atom is 0.0490 e. The Morgan fingerprint density at radius 3 is 2.75 bits per heavy atom. The zero-order valence-electron chi connectivity index (χ0n) is 9.48. The molecule has 84 valence electrons. The molecule has 0 aliphatic carbocycles. The molecule has 1 atom stereocenters. The fraction of sp³-hybridized carbons (Fsp3) is 0.308. The Morgan fingerprint density at radius 1 is 1.25 bits per heavy atom. The predicted octanol–water partition coefficient (Wildman–Crippen LogP) is 2.13. The topological polar surface area (TPSA) is 40.7 Å². The third kappa shape index (κ3) is 3.21. The molecule has 0 spiro atoms. The highest BCUT2D eigenvalue weighted by Gasteiger charge is 2.03. The minimum Gasteiger partial charge on any atom is -0.308 e. The van der Waals surface area contributed by atoms with Crippen LogP contribution in [0.3, 0.4) is 0 Å². The highest BCUT2D eigenvalue weighted by atomic mass is 15.1. The molecule has 16 heavy (non-hydrogen) atoms. The Morgan fingerprint density at radius 2 is 2.06 bits per heavy atom. The standard InChI is InChI=1S/C13H17N3/c1-11(9-12-5-3-2-4-6-12)14-10-13-7-8-15-16-13/h2-8,11,14H,9-10H2,1H3,(H,15,16). The zero-order valence-corrected chi connectivity index (χ0v) is 9.48. The van der Waals surface area contributed by atoms with E-state index in [0.29, 0.717) is 6.04 Å². The fourth-order valence-corrected chi connectivity index (χ4v) is 1.71. The summed E-state index contributed by atoms with van der Waals surface area (Å²) in [4.78, 5) is 0. The van der Waals surface area contributed by atoms with E-state index >= 15 is 0 Å². The summed E-state index contributed by atoms with van der Waals surface area (Å²) in [5, 5.41) is 10.3. The summed E-state index contributed by atoms with van der Waals surface area (Å²) in [5.74, 6) is 0. The van der Waals surface area contributed by atoms with E-state index in [1.807, 2.05) is 12.1 Å². The molecule has 0 aliphatic rings. The molecule has 1 heterocycles. The lowest BCUT2D eigenvalue weighted by Gasteiger charge is -2.12. The lowest BCUT2D eigenvalue weighted by molar-refractivity contribution is 0.539. The van der Waals surface area contributed by atoms with Gasteiger partial charge >= 0.3 is 0 Å². The van der Waals surface area contributed by atoms with Crippen LogP contribution >= 0.6 is 0 Å². The van der Waals surface area contributed by atoms with E-state index in [9.17, 15) is 0 Å². The highest BCUT2D eigenvalue weighted by molar-refractivity contribution is 5.15. The van der Waals surface area contributed by atoms with Crippen molar-refractivity contribution in [3.05, 3.63) is 53.9 Å². The van der Waals surface area contributed by atoms with Crippen molar-refractivity contribution < 1.29 is 0 Å². The first-order valence-corrected chi connectivity index (χ1v) is 5.60. The van der Waals surface area contributed by atoms with E-state index in [0.717, 1.165) is 18.7 Å². The Bertz CT molecular complexity index is 394. The molecule has 0 fully saturated rings. The van der Waals surface area contributed by atoms with Crippen LogP contribution in [0.4, 0.5) is 0 Å². The first kappa shape index (κ1) is 10.9. The van der Waals surface area contributed by atoms with E-state index in [1.54, 1.807) is 6.20 Å². The van der Waals surface area contributed by atoms with Crippen molar-refractivity contribution in [1.29, 1.82) is 0 Å². The van der Waals surface area contributed by atoms with Gasteiger partial charge in [0.1, 0.15) is 0 Å². The molecule has 0 bridgehead atoms. The molecular weight excluding hydrogens is 198 g/mol. The van der Waals surface area contributed by atoms with Gasteiger partial charge in [0.2, 0.25) is 0 Å². The number of H-pyrrole nitrogens is 1. The molecular formula is C13H17N3. The van der Waals surface area contributed by atoms with Crippen molar-refractivity contribution in [2.45, 2.75) is 25.9 Å². The summed E-state index contributed by atoms with van der Waals surface area (Å²) >= 11 is 0. The quantitative estimate of drug-likeness (QED) is 0.802. The lowest BCUT2D eigenvalue weighted by atomic mass is 10.1. The molecule has 2 N–H and O–H groups in total. The van der Waals surface area contributed by atoms with Gasteiger partial charge in [-0.1, -0.05) is 30.3 Å². The molecule has 2 aromatic rings. The van der Waals surface area contributed by atoms with Crippen LogP contribution in [0.2, 0.25) is 0 Å². The van der Waals surface area contributed by atoms with Crippen LogP contribution in [-0.4, -0.2) is 16.2 Å². The van der Waals surface area contributed by atoms with Gasteiger partial charge in [0.25, 0.3) is 0 Å². The largest absolute Gasteiger partial charge is 0.308 e. The second kappa shape index (κ2) is 5.47. The second-order valence-electron chi connectivity index (χ2n) is 4.05. The van der Waals surface area contributed by atoms with Crippen molar-refractivity contribution in [3.63, 3.8) is 0 Å². The molecule has 0 saturated carbocycles. The SMILES string of the molecule is CC(Cc1ccccc1)NCc1ccn[nH]1. The Hall–Kier alpha value is -1.61. The number of rotatable bonds is 5. The van der Waals surface area contributed by atoms with Crippen molar-refractivity contribution in [2.24, 2.45) is 0 Å². The van der Waals surface area contributed by atoms with Gasteiger partial charge in [0.05, 0.1) is 0 Å². The summed E-state index contributed by atoms with van der Waals surface area (Å²) in [6.45, 7) is 3.04. The van der Waals surface area contributed by atoms with Gasteiger partial charge in [-0.05, 0) is 25.0 Å². The molecule has 0 radical (unpaired) electrons. The molecule has 3 nitrogen and oxygen atoms in total. The molecule has 3 heteroatoms. The van der Waals surface area contributed by atoms with Gasteiger partial charge in [-0.15, -0.1) is 0 Å². The maximum atomic E-state index is 3.92. The summed E-state index contributed by atoms with van der Waals surface area (Å²) in [6.07, 6.45) is 2.83. The number of hydrogen-bond donors (Lipinski definition) is 2. The van der Waals surface area contributed by atoms with Crippen LogP contribution in [0.25, 0.3) is 0 Å². The summed E-state index contributed by atoms with van der Waals surface area (Å²) in [6, 6.07) is 13.0. The first-order chi connectivity index (χ1) is 7.84. The van der Waals surface area contributed by atoms with E-state index in [1.165, 1.54) is 5.56 Å². The average molecular weight is 215 g/mol. The zero-order chi connectivity index (χ0) is 11.2. The molecule has 1 aromatic heterocycles. The Balaban J connectivity index is 1.78. The van der Waals surface area contributed by atoms with Crippen LogP contribution in [0, 0.1) is 0 Å². The third-order valence-corrected chi connectivity index (χ3v) is 2.58. The van der Waals surface area contributed by atoms with Crippen LogP contribution in [0.1, 0.15) is 18.2 Å². The molecule has 0 aliphatic heterocycles. The minimum atomic E-state index is 0.464. The van der Waals surface area contributed by atoms with Gasteiger partial charge in [0.15, 0.2) is 0 Å². The average Bonchev–Trinajstić information content (AvgIpc) is 2.81. The molecule has 2 rings (SSSR count). The summed E-state index contributed by atoms with van der Waals surface area (Å²) in [5.41, 5.74) is 2.49. The summed E-state index contributed by atoms with van der Waals surface area (Å²) < 4.78 is 0. The first-order valence-electron chi connectivity index (χ1n) is 5.60. The number of hydrogen-bond acceptors (Lipinski definition) is 2. The number of aromatic nitrogens is 2. The van der Waals surface area contributed by atoms with E-state index in [4.69, 9.17) is 0 Å². The van der Waals surface area contributed by atoms with Gasteiger partial charge in [0, 0.05) is 24.5 Å². The fourth-order valence-electron chi connectivity index (χ4n) is 1.71. The third-order valence-electron chi connectivity index (χ3n) is 2.58. The number of benzene rings is 1. The molecule has 1 unspecified atom stereocenters. The molecule has 0 amide bonds. The van der Waals surface area contributed by atoms with Gasteiger partial charge in [-0.25, -0.2) is 0 Å². The van der Waals surface area contributed by atoms with Gasteiger partial charge in [-0.2, -0.15) is 5.10 Å². The summed E-state index contributed by atoms with van der Waals surface area (Å²) in [7, 11) is 0. The molecule has 1 aromatic carbocycles. The second-order valence-corrected chi connectivity index (χ2v) is 4.05. The Labute approximate surface area is 95.9 Å². The van der Waals surface area contributed by atoms with Crippen molar-refractivity contribution in [3.8, 4) is 0 Å². The van der Waals surface area contributed by atoms with E-state index in [-0.39, 0.29) is 0 Å². The number of nitrogens with one attached hydrogen (secondary N) is 2. The van der Waals surface area contributed by atoms with Crippen LogP contribution in [0.5, 0.6) is 0 Å². The van der Waals surface area contributed by atoms with Crippen LogP contribution in [0.15, 0.2) is 42.6 Å². The van der Waals surface area contributed by atoms with E-state index < -0.39 is 0 Å². The monoisotopic (exact) mass is 215 g/mol. The van der Waals surface area contributed by atoms with Crippen molar-refractivity contribution in [1.82, 2.24) is 15.5 Å². The van der Waals surface area contributed by atoms with Crippen molar-refractivity contribution >= 4 is 0 Å². The number of aromatic amines is 1. The maximum absolute atomic E-state index is 3.92. The molecule has 0 saturated heterocycles. The number of nitrogens with zero attached hydrogens (tertiary/aromatic N) is 1. The van der Waals surface area contributed by atoms with E-state index in [2.05, 4.69) is 46.7 Å². The van der Waals surface area contributed by atoms with Crippen LogP contribution < -0.4 is 5.32 Å². The Kier molecular flexibility index (Phi) is 3.72. The smallest absolute Gasteiger partial charge is 0.0490 e. The van der Waals surface area contributed by atoms with Gasteiger partial charge < -0.3 is 5.32 Å².